The van der Waals surface area contributed by atoms with Crippen molar-refractivity contribution in [1.82, 2.24) is 5.32 Å². The number of fused-ring (bicyclic) bond motifs is 3. The van der Waals surface area contributed by atoms with Crippen LogP contribution in [-0.4, -0.2) is 35.2 Å². The zero-order valence-corrected chi connectivity index (χ0v) is 19.3. The maximum absolute atomic E-state index is 13.4. The molecule has 0 saturated carbocycles. The summed E-state index contributed by atoms with van der Waals surface area (Å²) in [5.74, 6) is -2.72. The van der Waals surface area contributed by atoms with Crippen molar-refractivity contribution in [3.63, 3.8) is 0 Å². The van der Waals surface area contributed by atoms with E-state index in [1.165, 1.54) is 6.07 Å². The van der Waals surface area contributed by atoms with E-state index in [9.17, 15) is 23.9 Å². The lowest BCUT2D eigenvalue weighted by Gasteiger charge is -2.26. The molecule has 3 N–H and O–H groups in total. The highest BCUT2D eigenvalue weighted by Gasteiger charge is 2.30. The molecular weight excluding hydrogens is 451 g/mol. The summed E-state index contributed by atoms with van der Waals surface area (Å²) in [6.45, 7) is 3.44. The molecule has 0 heterocycles. The average Bonchev–Trinajstić information content (AvgIpc) is 3.12. The molecule has 0 fully saturated rings. The smallest absolute Gasteiger partial charge is 0.407 e. The number of halogens is 1. The van der Waals surface area contributed by atoms with Crippen LogP contribution < -0.4 is 10.6 Å². The lowest BCUT2D eigenvalue weighted by molar-refractivity contribution is -0.117. The number of anilines is 1. The number of carbonyl (C=O) groups excluding carboxylic acids is 2. The number of benzene rings is 3. The summed E-state index contributed by atoms with van der Waals surface area (Å²) in [7, 11) is 0. The predicted molar refractivity (Wildman–Crippen MR) is 129 cm³/mol. The fourth-order valence-electron chi connectivity index (χ4n) is 4.35. The average molecular weight is 477 g/mol. The maximum atomic E-state index is 13.4. The summed E-state index contributed by atoms with van der Waals surface area (Å²) in [6.07, 6.45) is -0.828. The Morgan fingerprint density at radius 1 is 0.971 bits per heavy atom. The van der Waals surface area contributed by atoms with E-state index < -0.39 is 29.3 Å². The largest absolute Gasteiger partial charge is 0.478 e. The molecule has 3 aromatic carbocycles. The molecule has 2 amide bonds. The molecule has 35 heavy (non-hydrogen) atoms. The summed E-state index contributed by atoms with van der Waals surface area (Å²) in [5, 5.41) is 14.4. The van der Waals surface area contributed by atoms with Crippen LogP contribution in [0.2, 0.25) is 0 Å². The molecule has 0 unspecified atom stereocenters. The van der Waals surface area contributed by atoms with Gasteiger partial charge in [0.25, 0.3) is 0 Å². The molecule has 0 radical (unpaired) electrons. The monoisotopic (exact) mass is 476 g/mol. The summed E-state index contributed by atoms with van der Waals surface area (Å²) in [5.41, 5.74) is 3.05. The van der Waals surface area contributed by atoms with Gasteiger partial charge >= 0.3 is 12.1 Å². The van der Waals surface area contributed by atoms with Crippen LogP contribution in [0.1, 0.15) is 47.7 Å². The van der Waals surface area contributed by atoms with Gasteiger partial charge in [0, 0.05) is 17.9 Å². The fourth-order valence-corrected chi connectivity index (χ4v) is 4.35. The zero-order chi connectivity index (χ0) is 25.2. The van der Waals surface area contributed by atoms with Crippen molar-refractivity contribution in [3.05, 3.63) is 89.2 Å². The molecule has 7 nitrogen and oxygen atoms in total. The molecular formula is C27H25FN2O5. The first kappa shape index (κ1) is 23.9. The van der Waals surface area contributed by atoms with E-state index in [1.807, 2.05) is 48.5 Å². The third-order valence-corrected chi connectivity index (χ3v) is 5.87. The second kappa shape index (κ2) is 9.58. The van der Waals surface area contributed by atoms with Crippen molar-refractivity contribution in [2.75, 3.05) is 11.9 Å². The molecule has 3 aromatic rings. The minimum atomic E-state index is -1.36. The Balaban J connectivity index is 1.36. The molecule has 0 aromatic heterocycles. The third kappa shape index (κ3) is 5.32. The SMILES string of the molecule is CC(C)(CC(=O)Nc1ccc(F)cc1C(=O)O)NC(=O)OCC1c2ccccc2-c2ccccc21. The molecule has 8 heteroatoms. The van der Waals surface area contributed by atoms with Gasteiger partial charge in [-0.3, -0.25) is 4.79 Å². The molecule has 180 valence electrons. The normalized spacial score (nSPS) is 12.4. The van der Waals surface area contributed by atoms with Crippen molar-refractivity contribution in [2.24, 2.45) is 0 Å². The van der Waals surface area contributed by atoms with Crippen LogP contribution in [0.3, 0.4) is 0 Å². The number of carboxylic acid groups (broad SMARTS) is 1. The first-order chi connectivity index (χ1) is 16.6. The highest BCUT2D eigenvalue weighted by Crippen LogP contribution is 2.44. The van der Waals surface area contributed by atoms with Crippen LogP contribution in [0.4, 0.5) is 14.9 Å². The van der Waals surface area contributed by atoms with Crippen molar-refractivity contribution in [3.8, 4) is 11.1 Å². The number of ether oxygens (including phenoxy) is 1. The van der Waals surface area contributed by atoms with Crippen LogP contribution in [0.15, 0.2) is 66.7 Å². The minimum absolute atomic E-state index is 0.0270. The second-order valence-corrected chi connectivity index (χ2v) is 9.05. The number of aromatic carboxylic acids is 1. The molecule has 0 saturated heterocycles. The predicted octanol–water partition coefficient (Wildman–Crippen LogP) is 5.17. The van der Waals surface area contributed by atoms with Gasteiger partial charge in [0.15, 0.2) is 0 Å². The number of alkyl carbamates (subject to hydrolysis) is 1. The van der Waals surface area contributed by atoms with E-state index >= 15 is 0 Å². The van der Waals surface area contributed by atoms with Gasteiger partial charge in [-0.1, -0.05) is 48.5 Å². The molecule has 4 rings (SSSR count). The van der Waals surface area contributed by atoms with E-state index in [4.69, 9.17) is 4.74 Å². The highest BCUT2D eigenvalue weighted by atomic mass is 19.1. The molecule has 0 atom stereocenters. The number of carbonyl (C=O) groups is 3. The van der Waals surface area contributed by atoms with Gasteiger partial charge in [-0.05, 0) is 54.3 Å². The quantitative estimate of drug-likeness (QED) is 0.436. The van der Waals surface area contributed by atoms with Gasteiger partial charge < -0.3 is 20.5 Å². The minimum Gasteiger partial charge on any atom is -0.478 e. The van der Waals surface area contributed by atoms with Crippen molar-refractivity contribution >= 4 is 23.7 Å². The number of carboxylic acids is 1. The topological polar surface area (TPSA) is 105 Å². The van der Waals surface area contributed by atoms with Gasteiger partial charge in [0.2, 0.25) is 5.91 Å². The van der Waals surface area contributed by atoms with Crippen LogP contribution in [-0.2, 0) is 9.53 Å². The lowest BCUT2D eigenvalue weighted by Crippen LogP contribution is -2.46. The Labute approximate surface area is 201 Å². The van der Waals surface area contributed by atoms with E-state index in [1.54, 1.807) is 13.8 Å². The molecule has 1 aliphatic carbocycles. The molecule has 0 aliphatic heterocycles. The summed E-state index contributed by atoms with van der Waals surface area (Å²) >= 11 is 0. The first-order valence-corrected chi connectivity index (χ1v) is 11.1. The summed E-state index contributed by atoms with van der Waals surface area (Å²) in [6, 6.07) is 19.1. The van der Waals surface area contributed by atoms with E-state index in [-0.39, 0.29) is 30.2 Å². The van der Waals surface area contributed by atoms with Gasteiger partial charge in [-0.25, -0.2) is 14.0 Å². The second-order valence-electron chi connectivity index (χ2n) is 9.05. The van der Waals surface area contributed by atoms with Crippen LogP contribution in [0, 0.1) is 5.82 Å². The standard InChI is InChI=1S/C27H25FN2O5/c1-27(2,14-24(31)29-23-12-11-16(28)13-21(23)25(32)33)30-26(34)35-15-22-19-9-5-3-7-17(19)18-8-4-6-10-20(18)22/h3-13,22H,14-15H2,1-2H3,(H,29,31)(H,30,34)(H,32,33). The Hall–Kier alpha value is -4.20. The Kier molecular flexibility index (Phi) is 6.55. The van der Waals surface area contributed by atoms with Crippen molar-refractivity contribution in [2.45, 2.75) is 31.7 Å². The molecule has 0 spiro atoms. The number of hydrogen-bond acceptors (Lipinski definition) is 4. The molecule has 0 bridgehead atoms. The van der Waals surface area contributed by atoms with E-state index in [0.717, 1.165) is 34.4 Å². The number of nitrogens with one attached hydrogen (secondary N) is 2. The van der Waals surface area contributed by atoms with Crippen molar-refractivity contribution in [1.29, 1.82) is 0 Å². The van der Waals surface area contributed by atoms with Gasteiger partial charge in [-0.15, -0.1) is 0 Å². The fraction of sp³-hybridized carbons (Fsp3) is 0.222. The number of amides is 2. The Morgan fingerprint density at radius 2 is 1.57 bits per heavy atom. The van der Waals surface area contributed by atoms with Crippen LogP contribution in [0.5, 0.6) is 0 Å². The van der Waals surface area contributed by atoms with Crippen LogP contribution in [0.25, 0.3) is 11.1 Å². The van der Waals surface area contributed by atoms with Crippen LogP contribution >= 0.6 is 0 Å². The zero-order valence-electron chi connectivity index (χ0n) is 19.3. The number of hydrogen-bond donors (Lipinski definition) is 3. The maximum Gasteiger partial charge on any atom is 0.407 e. The van der Waals surface area contributed by atoms with E-state index in [2.05, 4.69) is 10.6 Å². The van der Waals surface area contributed by atoms with Gasteiger partial charge in [0.05, 0.1) is 11.3 Å². The van der Waals surface area contributed by atoms with Crippen molar-refractivity contribution < 1.29 is 28.6 Å². The van der Waals surface area contributed by atoms with Gasteiger partial charge in [-0.2, -0.15) is 0 Å². The summed E-state index contributed by atoms with van der Waals surface area (Å²) in [4.78, 5) is 36.4. The molecule has 1 aliphatic rings. The Bertz CT molecular complexity index is 1260. The summed E-state index contributed by atoms with van der Waals surface area (Å²) < 4.78 is 18.9. The third-order valence-electron chi connectivity index (χ3n) is 5.87. The first-order valence-electron chi connectivity index (χ1n) is 11.1. The number of rotatable bonds is 7. The van der Waals surface area contributed by atoms with E-state index in [0.29, 0.717) is 0 Å². The highest BCUT2D eigenvalue weighted by molar-refractivity contribution is 6.00. The Morgan fingerprint density at radius 3 is 2.17 bits per heavy atom. The lowest BCUT2D eigenvalue weighted by atomic mass is 9.98. The van der Waals surface area contributed by atoms with Gasteiger partial charge in [0.1, 0.15) is 12.4 Å².